The summed E-state index contributed by atoms with van der Waals surface area (Å²) in [6.45, 7) is 0.0308. The number of quaternary nitrogens is 1. The summed E-state index contributed by atoms with van der Waals surface area (Å²) in [5, 5.41) is 2.49. The molecule has 0 aliphatic rings. The Bertz CT molecular complexity index is 651. The number of rotatable bonds is 6. The van der Waals surface area contributed by atoms with E-state index in [-0.39, 0.29) is 17.3 Å². The number of carbonyl (C=O) groups excluding carboxylic acids is 2. The first-order chi connectivity index (χ1) is 10.0. The quantitative estimate of drug-likeness (QED) is 0.574. The first-order valence-corrected chi connectivity index (χ1v) is 8.37. The van der Waals surface area contributed by atoms with E-state index >= 15 is 0 Å². The summed E-state index contributed by atoms with van der Waals surface area (Å²) in [5.41, 5.74) is 0.419. The van der Waals surface area contributed by atoms with E-state index < -0.39 is 21.8 Å². The molecule has 2 N–H and O–H groups in total. The summed E-state index contributed by atoms with van der Waals surface area (Å²) in [7, 11) is 1.40. The minimum atomic E-state index is -3.93. The number of hydrogen-bond donors (Lipinski definition) is 2. The highest BCUT2D eigenvalue weighted by molar-refractivity contribution is 7.90. The maximum absolute atomic E-state index is 12.1. The number of hydrogen-bond acceptors (Lipinski definition) is 4. The lowest BCUT2D eigenvalue weighted by Crippen LogP contribution is -2.45. The van der Waals surface area contributed by atoms with Crippen LogP contribution in [0.15, 0.2) is 29.2 Å². The molecule has 2 amide bonds. The third-order valence-corrected chi connectivity index (χ3v) is 4.07. The van der Waals surface area contributed by atoms with Crippen molar-refractivity contribution >= 4 is 39.1 Å². The number of benzene rings is 1. The smallest absolute Gasteiger partial charge is 0.288 e. The van der Waals surface area contributed by atoms with Crippen molar-refractivity contribution in [3.8, 4) is 0 Å². The van der Waals surface area contributed by atoms with Crippen molar-refractivity contribution in [3.05, 3.63) is 24.3 Å². The first kappa shape index (κ1) is 18.4. The fraction of sp³-hybridized carbons (Fsp3) is 0.385. The van der Waals surface area contributed by atoms with Crippen LogP contribution in [0.3, 0.4) is 0 Å². The number of sulfonamides is 1. The Morgan fingerprint density at radius 1 is 1.09 bits per heavy atom. The number of halogens is 1. The van der Waals surface area contributed by atoms with E-state index in [0.29, 0.717) is 10.2 Å². The Morgan fingerprint density at radius 3 is 2.09 bits per heavy atom. The average molecular weight is 349 g/mol. The Morgan fingerprint density at radius 2 is 1.64 bits per heavy atom. The Kier molecular flexibility index (Phi) is 5.92. The van der Waals surface area contributed by atoms with Crippen LogP contribution in [0.25, 0.3) is 0 Å². The maximum atomic E-state index is 12.1. The van der Waals surface area contributed by atoms with Gasteiger partial charge in [0, 0.05) is 5.69 Å². The van der Waals surface area contributed by atoms with E-state index in [2.05, 4.69) is 5.32 Å². The van der Waals surface area contributed by atoms with E-state index in [0.717, 1.165) is 0 Å². The SMILES string of the molecule is C[N+](C)(C)CC(=O)NS(=O)(=O)c1ccc(NC(=O)CCl)cc1. The molecule has 0 atom stereocenters. The summed E-state index contributed by atoms with van der Waals surface area (Å²) in [4.78, 5) is 22.8. The van der Waals surface area contributed by atoms with Crippen molar-refractivity contribution in [3.63, 3.8) is 0 Å². The standard InChI is InChI=1S/C13H18ClN3O4S/c1-17(2,3)9-13(19)16-22(20,21)11-6-4-10(5-7-11)15-12(18)8-14/h4-7H,8-9H2,1-3H3,(H-,15,16,18,19)/p+1. The maximum Gasteiger partial charge on any atom is 0.288 e. The van der Waals surface area contributed by atoms with Gasteiger partial charge < -0.3 is 9.80 Å². The number of likely N-dealkylation sites (N-methyl/N-ethyl adjacent to an activating group) is 1. The zero-order chi connectivity index (χ0) is 17.0. The van der Waals surface area contributed by atoms with Crippen LogP contribution in [0.2, 0.25) is 0 Å². The summed E-state index contributed by atoms with van der Waals surface area (Å²) in [6, 6.07) is 5.43. The second kappa shape index (κ2) is 7.08. The zero-order valence-electron chi connectivity index (χ0n) is 12.6. The van der Waals surface area contributed by atoms with Gasteiger partial charge in [-0.25, -0.2) is 13.1 Å². The average Bonchev–Trinajstić information content (AvgIpc) is 2.36. The minimum absolute atomic E-state index is 0.0308. The van der Waals surface area contributed by atoms with Crippen molar-refractivity contribution in [1.29, 1.82) is 0 Å². The lowest BCUT2D eigenvalue weighted by molar-refractivity contribution is -0.862. The topological polar surface area (TPSA) is 92.3 Å². The van der Waals surface area contributed by atoms with Gasteiger partial charge in [-0.05, 0) is 24.3 Å². The van der Waals surface area contributed by atoms with Gasteiger partial charge in [-0.2, -0.15) is 0 Å². The van der Waals surface area contributed by atoms with Crippen molar-refractivity contribution in [1.82, 2.24) is 4.72 Å². The van der Waals surface area contributed by atoms with Gasteiger partial charge in [0.05, 0.1) is 26.0 Å². The van der Waals surface area contributed by atoms with Crippen LogP contribution < -0.4 is 10.0 Å². The molecule has 0 spiro atoms. The second-order valence-electron chi connectivity index (χ2n) is 5.68. The number of amides is 2. The summed E-state index contributed by atoms with van der Waals surface area (Å²) >= 11 is 5.36. The molecule has 22 heavy (non-hydrogen) atoms. The summed E-state index contributed by atoms with van der Waals surface area (Å²) in [5.74, 6) is -1.18. The molecular weight excluding hydrogens is 330 g/mol. The molecule has 1 aromatic rings. The van der Waals surface area contributed by atoms with Crippen LogP contribution in [0.4, 0.5) is 5.69 Å². The van der Waals surface area contributed by atoms with E-state index in [9.17, 15) is 18.0 Å². The Hall–Kier alpha value is -1.64. The van der Waals surface area contributed by atoms with Gasteiger partial charge in [0.2, 0.25) is 5.91 Å². The molecule has 0 aromatic heterocycles. The predicted octanol–water partition coefficient (Wildman–Crippen LogP) is 0.375. The molecule has 0 aliphatic heterocycles. The van der Waals surface area contributed by atoms with Crippen LogP contribution >= 0.6 is 11.6 Å². The molecule has 1 rings (SSSR count). The highest BCUT2D eigenvalue weighted by Crippen LogP contribution is 2.14. The van der Waals surface area contributed by atoms with Crippen molar-refractivity contribution in [2.45, 2.75) is 4.90 Å². The predicted molar refractivity (Wildman–Crippen MR) is 84.0 cm³/mol. The van der Waals surface area contributed by atoms with E-state index in [1.54, 1.807) is 21.1 Å². The third-order valence-electron chi connectivity index (χ3n) is 2.44. The first-order valence-electron chi connectivity index (χ1n) is 6.35. The largest absolute Gasteiger partial charge is 0.325 e. The van der Waals surface area contributed by atoms with Gasteiger partial charge >= 0.3 is 0 Å². The molecule has 0 aliphatic carbocycles. The van der Waals surface area contributed by atoms with Gasteiger partial charge in [-0.15, -0.1) is 11.6 Å². The van der Waals surface area contributed by atoms with Crippen LogP contribution in [-0.4, -0.2) is 58.3 Å². The molecule has 0 bridgehead atoms. The van der Waals surface area contributed by atoms with Gasteiger partial charge in [-0.3, -0.25) is 9.59 Å². The number of anilines is 1. The molecule has 0 radical (unpaired) electrons. The van der Waals surface area contributed by atoms with Gasteiger partial charge in [0.1, 0.15) is 5.88 Å². The van der Waals surface area contributed by atoms with Gasteiger partial charge in [0.25, 0.3) is 15.9 Å². The Labute approximate surface area is 134 Å². The molecule has 9 heteroatoms. The highest BCUT2D eigenvalue weighted by Gasteiger charge is 2.21. The second-order valence-corrected chi connectivity index (χ2v) is 7.63. The van der Waals surface area contributed by atoms with Crippen molar-refractivity contribution < 1.29 is 22.5 Å². The summed E-state index contributed by atoms with van der Waals surface area (Å²) < 4.78 is 26.5. The van der Waals surface area contributed by atoms with Crippen molar-refractivity contribution in [2.24, 2.45) is 0 Å². The lowest BCUT2D eigenvalue weighted by atomic mass is 10.3. The van der Waals surface area contributed by atoms with Crippen LogP contribution in [0.1, 0.15) is 0 Å². The molecular formula is C13H19ClN3O4S+. The molecule has 0 heterocycles. The minimum Gasteiger partial charge on any atom is -0.325 e. The molecule has 0 saturated heterocycles. The molecule has 0 fully saturated rings. The molecule has 122 valence electrons. The van der Waals surface area contributed by atoms with E-state index in [1.165, 1.54) is 24.3 Å². The van der Waals surface area contributed by atoms with Crippen LogP contribution in [0, 0.1) is 0 Å². The number of alkyl halides is 1. The number of nitrogens with zero attached hydrogens (tertiary/aromatic N) is 1. The van der Waals surface area contributed by atoms with Gasteiger partial charge in [0.15, 0.2) is 6.54 Å². The monoisotopic (exact) mass is 348 g/mol. The zero-order valence-corrected chi connectivity index (χ0v) is 14.2. The summed E-state index contributed by atoms with van der Waals surface area (Å²) in [6.07, 6.45) is 0. The lowest BCUT2D eigenvalue weighted by Gasteiger charge is -2.22. The Balaban J connectivity index is 2.81. The normalized spacial score (nSPS) is 11.8. The van der Waals surface area contributed by atoms with Gasteiger partial charge in [-0.1, -0.05) is 0 Å². The van der Waals surface area contributed by atoms with E-state index in [1.807, 2.05) is 4.72 Å². The van der Waals surface area contributed by atoms with Crippen LogP contribution in [-0.2, 0) is 19.6 Å². The van der Waals surface area contributed by atoms with Crippen molar-refractivity contribution in [2.75, 3.05) is 38.9 Å². The number of nitrogens with one attached hydrogen (secondary N) is 2. The molecule has 1 aromatic carbocycles. The number of carbonyl (C=O) groups is 2. The van der Waals surface area contributed by atoms with Crippen LogP contribution in [0.5, 0.6) is 0 Å². The highest BCUT2D eigenvalue weighted by atomic mass is 35.5. The third kappa shape index (κ3) is 6.00. The molecule has 0 unspecified atom stereocenters. The fourth-order valence-electron chi connectivity index (χ4n) is 1.58. The van der Waals surface area contributed by atoms with E-state index in [4.69, 9.17) is 11.6 Å². The molecule has 7 nitrogen and oxygen atoms in total. The molecule has 0 saturated carbocycles. The fourth-order valence-corrected chi connectivity index (χ4v) is 2.63.